The van der Waals surface area contributed by atoms with E-state index in [4.69, 9.17) is 11.6 Å². The Hall–Kier alpha value is -4.57. The maximum Gasteiger partial charge on any atom is 0.0887 e. The van der Waals surface area contributed by atoms with Gasteiger partial charge in [-0.25, -0.2) is 0 Å². The fourth-order valence-corrected chi connectivity index (χ4v) is 9.55. The molecule has 0 fully saturated rings. The molecule has 4 heteroatoms. The highest BCUT2D eigenvalue weighted by Gasteiger charge is 2.25. The lowest BCUT2D eigenvalue weighted by Crippen LogP contribution is -2.16. The second-order valence-electron chi connectivity index (χ2n) is 18.3. The lowest BCUT2D eigenvalue weighted by atomic mass is 9.86. The lowest BCUT2D eigenvalue weighted by Gasteiger charge is -2.32. The zero-order chi connectivity index (χ0) is 39.7. The predicted molar refractivity (Wildman–Crippen MR) is 242 cm³/mol. The van der Waals surface area contributed by atoms with Gasteiger partial charge in [-0.2, -0.15) is 0 Å². The van der Waals surface area contributed by atoms with Gasteiger partial charge in [0.2, 0.25) is 0 Å². The van der Waals surface area contributed by atoms with Crippen molar-refractivity contribution in [3.05, 3.63) is 154 Å². The summed E-state index contributed by atoms with van der Waals surface area (Å²) < 4.78 is 12.0. The number of hydrogen-bond donors (Lipinski definition) is 0. The minimum absolute atomic E-state index is 0.00953. The van der Waals surface area contributed by atoms with E-state index in [1.54, 1.807) is 0 Å². The second-order valence-corrected chi connectivity index (χ2v) is 19.7. The molecule has 8 rings (SSSR count). The Kier molecular flexibility index (Phi) is 9.10. The molecule has 6 aromatic carbocycles. The number of hydrogen-bond acceptors (Lipinski definition) is 3. The van der Waals surface area contributed by atoms with E-state index in [0.717, 1.165) is 40.5 Å². The maximum absolute atomic E-state index is 9.33. The van der Waals surface area contributed by atoms with Crippen LogP contribution in [0.3, 0.4) is 0 Å². The van der Waals surface area contributed by atoms with Gasteiger partial charge in [0.25, 0.3) is 0 Å². The van der Waals surface area contributed by atoms with Crippen molar-refractivity contribution < 1.29 is 1.37 Å². The van der Waals surface area contributed by atoms with Gasteiger partial charge in [0.15, 0.2) is 0 Å². The van der Waals surface area contributed by atoms with E-state index in [0.29, 0.717) is 11.1 Å². The molecular weight excluding hydrogens is 708 g/mol. The van der Waals surface area contributed by atoms with Crippen LogP contribution in [0.2, 0.25) is 5.02 Å². The van der Waals surface area contributed by atoms with Crippen LogP contribution in [0.15, 0.2) is 121 Å². The molecule has 0 amide bonds. The van der Waals surface area contributed by atoms with Crippen LogP contribution in [0.1, 0.15) is 97.9 Å². The zero-order valence-electron chi connectivity index (χ0n) is 34.8. The molecular formula is C51H53ClN2S. The molecule has 1 aromatic heterocycles. The quantitative estimate of drug-likeness (QED) is 0.166. The molecule has 55 heavy (non-hydrogen) atoms. The topological polar surface area (TPSA) is 6.48 Å². The summed E-state index contributed by atoms with van der Waals surface area (Å²) >= 11 is 9.69. The predicted octanol–water partition coefficient (Wildman–Crippen LogP) is 16.0. The Morgan fingerprint density at radius 3 is 1.45 bits per heavy atom. The third kappa shape index (κ3) is 7.07. The molecule has 0 saturated carbocycles. The van der Waals surface area contributed by atoms with E-state index in [1.165, 1.54) is 60.8 Å². The average Bonchev–Trinajstić information content (AvgIpc) is 3.78. The van der Waals surface area contributed by atoms with Gasteiger partial charge in [-0.1, -0.05) is 128 Å². The summed E-state index contributed by atoms with van der Waals surface area (Å²) in [6.07, 6.45) is 3.56. The molecule has 0 spiro atoms. The van der Waals surface area contributed by atoms with Crippen LogP contribution in [-0.4, -0.2) is 0 Å². The molecule has 1 aliphatic rings. The minimum atomic E-state index is 0.00953. The summed E-state index contributed by atoms with van der Waals surface area (Å²) in [6.45, 7) is 20.2. The lowest BCUT2D eigenvalue weighted by molar-refractivity contribution is 0.590. The standard InChI is InChI=1S/C51H53ClN2S/c1-49(2,3)34-17-23-37(24-18-34)53(38-25-19-35(20-26-38)50(4,5)6)44-14-11-15-45(47(44)52)54(39-27-21-36(22-28-39)51(7,8)9)40-29-31-46-43(32-40)42-30-16-33-12-10-13-41(33)48(42)55-46/h11,14-32H,10,12-13H2,1-9H3/i11D. The van der Waals surface area contributed by atoms with E-state index in [9.17, 15) is 1.37 Å². The van der Waals surface area contributed by atoms with Crippen molar-refractivity contribution in [3.63, 3.8) is 0 Å². The number of rotatable bonds is 6. The molecule has 0 saturated heterocycles. The van der Waals surface area contributed by atoms with Gasteiger partial charge in [0.1, 0.15) is 0 Å². The average molecular weight is 763 g/mol. The van der Waals surface area contributed by atoms with Gasteiger partial charge < -0.3 is 9.80 Å². The molecule has 2 nitrogen and oxygen atoms in total. The maximum atomic E-state index is 9.33. The van der Waals surface area contributed by atoms with Crippen LogP contribution in [0, 0.1) is 0 Å². The monoisotopic (exact) mass is 761 g/mol. The first-order valence-corrected chi connectivity index (χ1v) is 20.9. The van der Waals surface area contributed by atoms with Crippen LogP contribution in [0.4, 0.5) is 34.1 Å². The molecule has 0 aliphatic heterocycles. The van der Waals surface area contributed by atoms with Crippen molar-refractivity contribution in [3.8, 4) is 0 Å². The highest BCUT2D eigenvalue weighted by Crippen LogP contribution is 2.49. The fraction of sp³-hybridized carbons (Fsp3) is 0.294. The fourth-order valence-electron chi connectivity index (χ4n) is 8.00. The molecule has 280 valence electrons. The summed E-state index contributed by atoms with van der Waals surface area (Å²) in [5.74, 6) is 0. The van der Waals surface area contributed by atoms with Gasteiger partial charge in [-0.15, -0.1) is 11.3 Å². The number of thiophene rings is 1. The Bertz CT molecular complexity index is 2510. The number of aryl methyl sites for hydroxylation is 2. The molecule has 7 aromatic rings. The largest absolute Gasteiger partial charge is 0.309 e. The highest BCUT2D eigenvalue weighted by molar-refractivity contribution is 7.26. The molecule has 1 aliphatic carbocycles. The minimum Gasteiger partial charge on any atom is -0.309 e. The molecule has 0 N–H and O–H groups in total. The summed E-state index contributed by atoms with van der Waals surface area (Å²) in [5.41, 5.74) is 12.4. The van der Waals surface area contributed by atoms with Crippen LogP contribution in [0.5, 0.6) is 0 Å². The van der Waals surface area contributed by atoms with E-state index in [-0.39, 0.29) is 16.2 Å². The van der Waals surface area contributed by atoms with Gasteiger partial charge >= 0.3 is 0 Å². The van der Waals surface area contributed by atoms with E-state index < -0.39 is 0 Å². The summed E-state index contributed by atoms with van der Waals surface area (Å²) in [5, 5.41) is 3.15. The van der Waals surface area contributed by atoms with Gasteiger partial charge in [0.05, 0.1) is 17.8 Å². The molecule has 0 bridgehead atoms. The van der Waals surface area contributed by atoms with Crippen molar-refractivity contribution in [1.82, 2.24) is 0 Å². The van der Waals surface area contributed by atoms with Crippen molar-refractivity contribution in [2.45, 2.75) is 97.8 Å². The van der Waals surface area contributed by atoms with Crippen LogP contribution < -0.4 is 9.80 Å². The van der Waals surface area contributed by atoms with Crippen LogP contribution >= 0.6 is 22.9 Å². The third-order valence-electron chi connectivity index (χ3n) is 11.3. The molecule has 0 unspecified atom stereocenters. The Morgan fingerprint density at radius 1 is 0.527 bits per heavy atom. The third-order valence-corrected chi connectivity index (χ3v) is 12.9. The smallest absolute Gasteiger partial charge is 0.0887 e. The first-order chi connectivity index (χ1) is 26.5. The Morgan fingerprint density at radius 2 is 0.982 bits per heavy atom. The molecule has 0 atom stereocenters. The van der Waals surface area contributed by atoms with Crippen LogP contribution in [0.25, 0.3) is 20.2 Å². The van der Waals surface area contributed by atoms with Crippen molar-refractivity contribution in [2.24, 2.45) is 0 Å². The molecule has 1 heterocycles. The first kappa shape index (κ1) is 36.1. The summed E-state index contributed by atoms with van der Waals surface area (Å²) in [4.78, 5) is 4.45. The second kappa shape index (κ2) is 13.9. The Balaban J connectivity index is 1.34. The van der Waals surface area contributed by atoms with E-state index in [1.807, 2.05) is 23.5 Å². The highest BCUT2D eigenvalue weighted by atomic mass is 35.5. The zero-order valence-corrected chi connectivity index (χ0v) is 35.3. The van der Waals surface area contributed by atoms with E-state index >= 15 is 0 Å². The van der Waals surface area contributed by atoms with Gasteiger partial charge in [-0.05, 0) is 130 Å². The number of nitrogens with zero attached hydrogens (tertiary/aromatic N) is 2. The number of benzene rings is 6. The number of halogens is 1. The summed E-state index contributed by atoms with van der Waals surface area (Å²) in [7, 11) is 0. The van der Waals surface area contributed by atoms with Crippen molar-refractivity contribution in [2.75, 3.05) is 9.80 Å². The number of anilines is 6. The SMILES string of the molecule is [2H]c1cc(N(c2ccc(C(C)(C)C)cc2)c2ccc(C(C)(C)C)cc2)c(Cl)c(N(c2ccc(C(C)(C)C)cc2)c2ccc3sc4c5c(ccc4c3c2)CCC5)c1. The Labute approximate surface area is 338 Å². The van der Waals surface area contributed by atoms with Crippen molar-refractivity contribution >= 4 is 77.2 Å². The van der Waals surface area contributed by atoms with Crippen molar-refractivity contribution in [1.29, 1.82) is 0 Å². The van der Waals surface area contributed by atoms with E-state index in [2.05, 4.69) is 175 Å². The van der Waals surface area contributed by atoms with Gasteiger partial charge in [-0.3, -0.25) is 0 Å². The first-order valence-electron chi connectivity index (χ1n) is 20.2. The van der Waals surface area contributed by atoms with Crippen LogP contribution in [-0.2, 0) is 29.1 Å². The molecule has 0 radical (unpaired) electrons. The normalized spacial score (nSPS) is 13.7. The number of fused-ring (bicyclic) bond motifs is 5. The summed E-state index contributed by atoms with van der Waals surface area (Å²) in [6, 6.07) is 42.1. The van der Waals surface area contributed by atoms with Gasteiger partial charge in [0, 0.05) is 42.9 Å².